The van der Waals surface area contributed by atoms with Gasteiger partial charge in [-0.05, 0) is 90.1 Å². The number of nitrogens with one attached hydrogen (secondary N) is 1. The minimum atomic E-state index is -1.58. The number of carbonyl (C=O) groups is 2. The summed E-state index contributed by atoms with van der Waals surface area (Å²) in [5, 5.41) is 27.8. The van der Waals surface area contributed by atoms with Crippen molar-refractivity contribution in [2.75, 3.05) is 39.1 Å². The molecule has 6 atom stereocenters. The Hall–Kier alpha value is -6.06. The molecule has 0 saturated heterocycles. The molecule has 2 heterocycles. The number of aliphatic hydroxyl groups is 2. The van der Waals surface area contributed by atoms with Gasteiger partial charge in [0.05, 0.1) is 24.1 Å². The first-order chi connectivity index (χ1) is 33.3. The van der Waals surface area contributed by atoms with Crippen LogP contribution in [0.3, 0.4) is 0 Å². The molecule has 360 valence electrons. The van der Waals surface area contributed by atoms with E-state index >= 15 is 0 Å². The molecule has 1 fully saturated rings. The number of benzene rings is 4. The van der Waals surface area contributed by atoms with Gasteiger partial charge in [-0.3, -0.25) is 4.90 Å². The maximum absolute atomic E-state index is 14.7. The van der Waals surface area contributed by atoms with Crippen molar-refractivity contribution in [2.24, 2.45) is 22.9 Å². The summed E-state index contributed by atoms with van der Waals surface area (Å²) in [5.74, 6) is -0.604. The van der Waals surface area contributed by atoms with Crippen LogP contribution in [0.4, 0.5) is 9.59 Å². The lowest BCUT2D eigenvalue weighted by Gasteiger charge is -2.59. The van der Waals surface area contributed by atoms with Gasteiger partial charge in [-0.1, -0.05) is 96.9 Å². The van der Waals surface area contributed by atoms with Gasteiger partial charge in [0.2, 0.25) is 12.6 Å². The average Bonchev–Trinajstić information content (AvgIpc) is 3.84. The Morgan fingerprint density at radius 3 is 2.37 bits per heavy atom. The van der Waals surface area contributed by atoms with Crippen molar-refractivity contribution in [1.82, 2.24) is 10.2 Å². The molecule has 15 heteroatoms. The Morgan fingerprint density at radius 2 is 1.62 bits per heavy atom. The summed E-state index contributed by atoms with van der Waals surface area (Å²) in [7, 11) is 0. The van der Waals surface area contributed by atoms with Gasteiger partial charge in [-0.25, -0.2) is 9.59 Å². The number of rotatable bonds is 22. The number of allylic oxidation sites excluding steroid dienone is 1. The molecule has 2 aliphatic heterocycles. The molecule has 4 aromatic rings. The predicted molar refractivity (Wildman–Crippen MR) is 256 cm³/mol. The highest BCUT2D eigenvalue weighted by molar-refractivity contribution is 6.18. The lowest BCUT2D eigenvalue weighted by Crippen LogP contribution is -2.70. The van der Waals surface area contributed by atoms with E-state index < -0.39 is 29.9 Å². The summed E-state index contributed by atoms with van der Waals surface area (Å²) < 4.78 is 37.7. The third-order valence-electron chi connectivity index (χ3n) is 13.1. The van der Waals surface area contributed by atoms with Gasteiger partial charge < -0.3 is 48.8 Å². The third kappa shape index (κ3) is 11.1. The van der Waals surface area contributed by atoms with Crippen LogP contribution in [0.1, 0.15) is 73.1 Å². The molecule has 0 bridgehead atoms. The van der Waals surface area contributed by atoms with E-state index in [9.17, 15) is 19.8 Å². The average molecular weight is 951 g/mol. The van der Waals surface area contributed by atoms with Gasteiger partial charge in [-0.15, -0.1) is 18.2 Å². The van der Waals surface area contributed by atoms with Crippen molar-refractivity contribution in [3.05, 3.63) is 144 Å². The summed E-state index contributed by atoms with van der Waals surface area (Å²) in [6.45, 7) is 4.77. The Labute approximate surface area is 402 Å². The molecule has 0 radical (unpaired) electrons. The highest BCUT2D eigenvalue weighted by atomic mass is 35.5. The van der Waals surface area contributed by atoms with Crippen LogP contribution in [0.15, 0.2) is 127 Å². The molecule has 68 heavy (non-hydrogen) atoms. The number of unbranched alkanes of at least 4 members (excludes halogenated alkanes) is 2. The van der Waals surface area contributed by atoms with E-state index in [4.69, 9.17) is 50.0 Å². The quantitative estimate of drug-likeness (QED) is 0.0297. The van der Waals surface area contributed by atoms with Crippen LogP contribution < -0.4 is 24.3 Å². The molecule has 0 unspecified atom stereocenters. The summed E-state index contributed by atoms with van der Waals surface area (Å²) in [6, 6.07) is 29.4. The highest BCUT2D eigenvalue weighted by Crippen LogP contribution is 2.62. The number of oxime groups is 1. The molecular weight excluding hydrogens is 890 g/mol. The Bertz CT molecular complexity index is 2400. The molecule has 4 aliphatic rings. The molecule has 2 amide bonds. The van der Waals surface area contributed by atoms with Crippen LogP contribution in [0.25, 0.3) is 0 Å². The number of hydrogen-bond donors (Lipinski definition) is 3. The van der Waals surface area contributed by atoms with Crippen LogP contribution >= 0.6 is 11.6 Å². The SMILES string of the molecule is C=CCO[C@@]12Oc3ccc(OC(=O)NCc4ccccc4)cc3[C@H]3[C@H](CCCCO)[C@@H](CCCCO)C=C(C(=NOCc4ccccc4)C[C@@H]1N(Cc1ccc4c(c1)OCO4)C(=O)OCCCl)[C@H]32. The van der Waals surface area contributed by atoms with E-state index in [0.717, 1.165) is 53.5 Å². The van der Waals surface area contributed by atoms with Gasteiger partial charge in [-0.2, -0.15) is 0 Å². The van der Waals surface area contributed by atoms with Crippen molar-refractivity contribution in [2.45, 2.75) is 82.4 Å². The van der Waals surface area contributed by atoms with Gasteiger partial charge >= 0.3 is 12.2 Å². The maximum atomic E-state index is 14.7. The fourth-order valence-electron chi connectivity index (χ4n) is 10.1. The van der Waals surface area contributed by atoms with Crippen LogP contribution in [0.2, 0.25) is 0 Å². The number of nitrogens with zero attached hydrogens (tertiary/aromatic N) is 2. The third-order valence-corrected chi connectivity index (χ3v) is 13.2. The van der Waals surface area contributed by atoms with E-state index in [-0.39, 0.29) is 83.0 Å². The lowest BCUT2D eigenvalue weighted by molar-refractivity contribution is -0.256. The fraction of sp³-hybridized carbons (Fsp3) is 0.415. The van der Waals surface area contributed by atoms with E-state index in [1.165, 1.54) is 0 Å². The second-order valence-corrected chi connectivity index (χ2v) is 17.8. The molecule has 8 rings (SSSR count). The summed E-state index contributed by atoms with van der Waals surface area (Å²) in [5.41, 5.74) is 4.86. The first kappa shape index (κ1) is 48.4. The number of fused-ring (bicyclic) bond motifs is 3. The number of carbonyl (C=O) groups excluding carboxylic acids is 2. The Kier molecular flexibility index (Phi) is 16.6. The number of aliphatic hydroxyl groups excluding tert-OH is 2. The number of ether oxygens (including phenoxy) is 6. The van der Waals surface area contributed by atoms with Crippen molar-refractivity contribution in [3.8, 4) is 23.0 Å². The first-order valence-corrected chi connectivity index (χ1v) is 24.0. The zero-order valence-electron chi connectivity index (χ0n) is 38.1. The minimum Gasteiger partial charge on any atom is -0.459 e. The number of hydrogen-bond acceptors (Lipinski definition) is 12. The summed E-state index contributed by atoms with van der Waals surface area (Å²) in [4.78, 5) is 36.0. The zero-order valence-corrected chi connectivity index (χ0v) is 38.9. The molecule has 0 spiro atoms. The van der Waals surface area contributed by atoms with Crippen LogP contribution in [-0.4, -0.2) is 83.9 Å². The first-order valence-electron chi connectivity index (χ1n) is 23.5. The van der Waals surface area contributed by atoms with Crippen molar-refractivity contribution < 1.29 is 53.1 Å². The van der Waals surface area contributed by atoms with E-state index in [1.807, 2.05) is 84.9 Å². The Balaban J connectivity index is 1.29. The summed E-state index contributed by atoms with van der Waals surface area (Å²) in [6.07, 6.45) is 7.01. The standard InChI is InChI=1S/C53H60ClN3O11/c1-2-26-65-53-48(57(52(61)62-27-23-54)33-38-19-21-46-47(28-38)64-35-63-46)31-44(56-66-34-37-15-7-4-8-16-37)42-29-39(17-9-11-24-58)41(18-10-12-25-59)49(50(42)53)43-30-40(20-22-45(43)68-53)67-51(60)55-32-36-13-5-3-6-14-36/h2-8,13-16,19-22,28-30,39,41,48-50,58-59H,1,9-12,17-18,23-27,31-35H2,(H,55,60)/t39-,41+,48-,49+,50+,53+/m0/s1. The molecule has 0 aromatic heterocycles. The van der Waals surface area contributed by atoms with Crippen LogP contribution in [-0.2, 0) is 34.0 Å². The smallest absolute Gasteiger partial charge is 0.412 e. The fourth-order valence-corrected chi connectivity index (χ4v) is 10.2. The minimum absolute atomic E-state index is 0.0208. The molecule has 1 saturated carbocycles. The normalized spacial score (nSPS) is 22.5. The van der Waals surface area contributed by atoms with Crippen molar-refractivity contribution in [1.29, 1.82) is 0 Å². The van der Waals surface area contributed by atoms with E-state index in [1.54, 1.807) is 23.1 Å². The zero-order chi connectivity index (χ0) is 47.3. The number of amides is 2. The molecule has 2 aliphatic carbocycles. The van der Waals surface area contributed by atoms with E-state index in [2.05, 4.69) is 18.0 Å². The van der Waals surface area contributed by atoms with Gasteiger partial charge in [0.15, 0.2) is 11.5 Å². The topological polar surface area (TPSA) is 167 Å². The van der Waals surface area contributed by atoms with Crippen molar-refractivity contribution >= 4 is 29.5 Å². The van der Waals surface area contributed by atoms with Crippen LogP contribution in [0, 0.1) is 17.8 Å². The molecule has 14 nitrogen and oxygen atoms in total. The lowest BCUT2D eigenvalue weighted by atomic mass is 9.55. The van der Waals surface area contributed by atoms with E-state index in [0.29, 0.717) is 41.6 Å². The van der Waals surface area contributed by atoms with Crippen molar-refractivity contribution in [3.63, 3.8) is 0 Å². The largest absolute Gasteiger partial charge is 0.459 e. The van der Waals surface area contributed by atoms with Gasteiger partial charge in [0, 0.05) is 44.2 Å². The highest BCUT2D eigenvalue weighted by Gasteiger charge is 2.65. The van der Waals surface area contributed by atoms with Crippen LogP contribution in [0.5, 0.6) is 23.0 Å². The second-order valence-electron chi connectivity index (χ2n) is 17.4. The second kappa shape index (κ2) is 23.3. The Morgan fingerprint density at radius 1 is 0.882 bits per heavy atom. The maximum Gasteiger partial charge on any atom is 0.412 e. The van der Waals surface area contributed by atoms with Gasteiger partial charge in [0.1, 0.15) is 30.8 Å². The number of alkyl halides is 1. The molecular formula is C53H60ClN3O11. The predicted octanol–water partition coefficient (Wildman–Crippen LogP) is 9.42. The molecule has 3 N–H and O–H groups in total. The monoisotopic (exact) mass is 949 g/mol. The summed E-state index contributed by atoms with van der Waals surface area (Å²) >= 11 is 6.14. The molecule has 4 aromatic carbocycles. The number of halogens is 1. The van der Waals surface area contributed by atoms with Gasteiger partial charge in [0.25, 0.3) is 0 Å².